The predicted octanol–water partition coefficient (Wildman–Crippen LogP) is 2.61. The van der Waals surface area contributed by atoms with Crippen LogP contribution in [0.1, 0.15) is 44.0 Å². The molecule has 1 aromatic carbocycles. The summed E-state index contributed by atoms with van der Waals surface area (Å²) in [6.45, 7) is 6.28. The van der Waals surface area contributed by atoms with Gasteiger partial charge in [0.15, 0.2) is 0 Å². The topological polar surface area (TPSA) is 118 Å². The highest BCUT2D eigenvalue weighted by molar-refractivity contribution is 7.92. The van der Waals surface area contributed by atoms with E-state index in [0.717, 1.165) is 11.8 Å². The highest BCUT2D eigenvalue weighted by Crippen LogP contribution is 2.38. The van der Waals surface area contributed by atoms with Gasteiger partial charge in [0.2, 0.25) is 15.9 Å². The molecule has 2 N–H and O–H groups in total. The fourth-order valence-corrected chi connectivity index (χ4v) is 3.93. The summed E-state index contributed by atoms with van der Waals surface area (Å²) in [5, 5.41) is 2.33. The molecule has 174 valence electrons. The Labute approximate surface area is 193 Å². The van der Waals surface area contributed by atoms with Crippen LogP contribution in [0.2, 0.25) is 0 Å². The molecule has 3 amide bonds. The minimum absolute atomic E-state index is 0.193. The van der Waals surface area contributed by atoms with Crippen LogP contribution in [-0.2, 0) is 20.2 Å². The van der Waals surface area contributed by atoms with Crippen LogP contribution >= 0.6 is 0 Å². The van der Waals surface area contributed by atoms with Gasteiger partial charge in [-0.2, -0.15) is 0 Å². The maximum atomic E-state index is 12.4. The van der Waals surface area contributed by atoms with Crippen LogP contribution in [-0.4, -0.2) is 45.3 Å². The molecule has 0 unspecified atom stereocenters. The molecule has 0 bridgehead atoms. The number of methoxy groups -OCH3 is 1. The van der Waals surface area contributed by atoms with E-state index in [2.05, 4.69) is 26.9 Å². The molecule has 3 rings (SSSR count). The van der Waals surface area contributed by atoms with Crippen molar-refractivity contribution >= 4 is 33.3 Å². The number of rotatable bonds is 4. The van der Waals surface area contributed by atoms with Crippen molar-refractivity contribution in [2.75, 3.05) is 29.5 Å². The third kappa shape index (κ3) is 5.81. The van der Waals surface area contributed by atoms with Crippen LogP contribution in [0.4, 0.5) is 16.2 Å². The Balaban J connectivity index is 2.15. The van der Waals surface area contributed by atoms with Crippen molar-refractivity contribution in [2.45, 2.75) is 32.6 Å². The highest BCUT2D eigenvalue weighted by atomic mass is 32.2. The van der Waals surface area contributed by atoms with E-state index in [4.69, 9.17) is 4.74 Å². The summed E-state index contributed by atoms with van der Waals surface area (Å²) in [6.07, 6.45) is 2.76. The molecule has 1 saturated heterocycles. The second kappa shape index (κ2) is 9.11. The van der Waals surface area contributed by atoms with Gasteiger partial charge in [0.1, 0.15) is 11.4 Å². The smallest absolute Gasteiger partial charge is 0.328 e. The summed E-state index contributed by atoms with van der Waals surface area (Å²) in [7, 11) is -1.97. The molecular formula is C23H26N4O5S. The summed E-state index contributed by atoms with van der Waals surface area (Å²) in [5.74, 6) is 6.16. The van der Waals surface area contributed by atoms with Gasteiger partial charge in [-0.25, -0.2) is 18.2 Å². The molecular weight excluding hydrogens is 444 g/mol. The molecule has 1 fully saturated rings. The molecule has 1 aromatic heterocycles. The fraction of sp³-hybridized carbons (Fsp3) is 0.348. The quantitative estimate of drug-likeness (QED) is 0.664. The van der Waals surface area contributed by atoms with Gasteiger partial charge >= 0.3 is 6.03 Å². The lowest BCUT2D eigenvalue weighted by Crippen LogP contribution is -2.49. The monoisotopic (exact) mass is 470 g/mol. The Morgan fingerprint density at radius 1 is 1.21 bits per heavy atom. The van der Waals surface area contributed by atoms with E-state index in [1.807, 2.05) is 26.8 Å². The molecule has 10 heteroatoms. The van der Waals surface area contributed by atoms with Crippen LogP contribution in [0.5, 0.6) is 5.75 Å². The average Bonchev–Trinajstić information content (AvgIpc) is 2.70. The van der Waals surface area contributed by atoms with E-state index in [-0.39, 0.29) is 35.7 Å². The normalized spacial score (nSPS) is 14.3. The third-order valence-electron chi connectivity index (χ3n) is 4.87. The number of amides is 3. The molecule has 0 aliphatic carbocycles. The second-order valence-corrected chi connectivity index (χ2v) is 10.4. The number of anilines is 2. The molecule has 33 heavy (non-hydrogen) atoms. The van der Waals surface area contributed by atoms with Crippen molar-refractivity contribution in [3.8, 4) is 17.6 Å². The first-order valence-corrected chi connectivity index (χ1v) is 12.1. The van der Waals surface area contributed by atoms with Gasteiger partial charge in [0.25, 0.3) is 0 Å². The van der Waals surface area contributed by atoms with Gasteiger partial charge in [0, 0.05) is 30.4 Å². The zero-order chi connectivity index (χ0) is 24.4. The predicted molar refractivity (Wildman–Crippen MR) is 126 cm³/mol. The van der Waals surface area contributed by atoms with Gasteiger partial charge in [-0.05, 0) is 35.6 Å². The molecule has 2 aromatic rings. The van der Waals surface area contributed by atoms with E-state index < -0.39 is 16.1 Å². The number of carbonyl (C=O) groups is 2. The maximum absolute atomic E-state index is 12.4. The molecule has 0 spiro atoms. The van der Waals surface area contributed by atoms with Crippen LogP contribution in [0.3, 0.4) is 0 Å². The number of imide groups is 1. The SMILES string of the molecule is COc1c(C#Cc2ncccc2NS(C)(=O)=O)cc(N2CCC(=O)NC2=O)cc1C(C)(C)C. The van der Waals surface area contributed by atoms with Crippen molar-refractivity contribution in [3.05, 3.63) is 47.3 Å². The Kier molecular flexibility index (Phi) is 6.65. The van der Waals surface area contributed by atoms with E-state index in [9.17, 15) is 18.0 Å². The zero-order valence-corrected chi connectivity index (χ0v) is 20.0. The minimum atomic E-state index is -3.51. The van der Waals surface area contributed by atoms with Crippen LogP contribution < -0.4 is 19.7 Å². The molecule has 2 heterocycles. The molecule has 1 aliphatic rings. The highest BCUT2D eigenvalue weighted by Gasteiger charge is 2.28. The molecule has 9 nitrogen and oxygen atoms in total. The summed E-state index contributed by atoms with van der Waals surface area (Å²) < 4.78 is 31.5. The Morgan fingerprint density at radius 3 is 2.55 bits per heavy atom. The largest absolute Gasteiger partial charge is 0.495 e. The van der Waals surface area contributed by atoms with Crippen molar-refractivity contribution in [1.82, 2.24) is 10.3 Å². The van der Waals surface area contributed by atoms with E-state index in [0.29, 0.717) is 17.0 Å². The number of aromatic nitrogens is 1. The molecule has 0 atom stereocenters. The first kappa shape index (κ1) is 24.1. The number of carbonyl (C=O) groups excluding carboxylic acids is 2. The zero-order valence-electron chi connectivity index (χ0n) is 19.1. The van der Waals surface area contributed by atoms with Gasteiger partial charge in [-0.15, -0.1) is 0 Å². The van der Waals surface area contributed by atoms with Crippen molar-refractivity contribution in [3.63, 3.8) is 0 Å². The maximum Gasteiger partial charge on any atom is 0.328 e. The van der Waals surface area contributed by atoms with Crippen LogP contribution in [0.25, 0.3) is 0 Å². The number of pyridine rings is 1. The molecule has 1 aliphatic heterocycles. The summed E-state index contributed by atoms with van der Waals surface area (Å²) in [4.78, 5) is 29.7. The number of nitrogens with zero attached hydrogens (tertiary/aromatic N) is 2. The Bertz CT molecular complexity index is 1270. The fourth-order valence-electron chi connectivity index (χ4n) is 3.36. The van der Waals surface area contributed by atoms with E-state index >= 15 is 0 Å². The second-order valence-electron chi connectivity index (χ2n) is 8.60. The Hall–Kier alpha value is -3.58. The first-order chi connectivity index (χ1) is 15.4. The van der Waals surface area contributed by atoms with Crippen molar-refractivity contribution < 1.29 is 22.7 Å². The van der Waals surface area contributed by atoms with E-state index in [1.165, 1.54) is 11.1 Å². The van der Waals surface area contributed by atoms with Gasteiger partial charge in [-0.1, -0.05) is 26.7 Å². The summed E-state index contributed by atoms with van der Waals surface area (Å²) in [6, 6.07) is 6.24. The number of benzene rings is 1. The number of nitrogens with one attached hydrogen (secondary N) is 2. The lowest BCUT2D eigenvalue weighted by atomic mass is 9.84. The Morgan fingerprint density at radius 2 is 1.94 bits per heavy atom. The van der Waals surface area contributed by atoms with Crippen LogP contribution in [0, 0.1) is 11.8 Å². The lowest BCUT2D eigenvalue weighted by molar-refractivity contribution is -0.120. The number of ether oxygens (including phenoxy) is 1. The third-order valence-corrected chi connectivity index (χ3v) is 5.46. The molecule has 0 radical (unpaired) electrons. The van der Waals surface area contributed by atoms with Gasteiger partial charge in [0.05, 0.1) is 24.6 Å². The van der Waals surface area contributed by atoms with Gasteiger partial charge in [-0.3, -0.25) is 19.7 Å². The number of urea groups is 1. The first-order valence-electron chi connectivity index (χ1n) is 10.2. The van der Waals surface area contributed by atoms with Crippen molar-refractivity contribution in [2.24, 2.45) is 0 Å². The standard InChI is InChI=1S/C23H26N4O5S/c1-23(2,3)17-14-16(27-12-10-20(28)25-22(27)29)13-15(21(17)32-4)8-9-18-19(7-6-11-24-18)26-33(5,30)31/h6-7,11,13-14,26H,10,12H2,1-5H3,(H,25,28,29). The van der Waals surface area contributed by atoms with Crippen molar-refractivity contribution in [1.29, 1.82) is 0 Å². The number of sulfonamides is 1. The van der Waals surface area contributed by atoms with Crippen LogP contribution in [0.15, 0.2) is 30.5 Å². The lowest BCUT2D eigenvalue weighted by Gasteiger charge is -2.30. The van der Waals surface area contributed by atoms with Gasteiger partial charge < -0.3 is 4.74 Å². The number of hydrogen-bond donors (Lipinski definition) is 2. The molecule has 0 saturated carbocycles. The number of hydrogen-bond acceptors (Lipinski definition) is 6. The summed E-state index contributed by atoms with van der Waals surface area (Å²) in [5.41, 5.74) is 2.06. The van der Waals surface area contributed by atoms with E-state index in [1.54, 1.807) is 25.3 Å². The average molecular weight is 471 g/mol. The summed E-state index contributed by atoms with van der Waals surface area (Å²) >= 11 is 0. The minimum Gasteiger partial charge on any atom is -0.495 e.